The Bertz CT molecular complexity index is 397. The molecule has 0 atom stereocenters. The van der Waals surface area contributed by atoms with E-state index in [2.05, 4.69) is 10.6 Å². The molecule has 5 heteroatoms. The fourth-order valence-corrected chi connectivity index (χ4v) is 1.75. The van der Waals surface area contributed by atoms with Crippen molar-refractivity contribution in [2.24, 2.45) is 0 Å². The first-order chi connectivity index (χ1) is 8.69. The van der Waals surface area contributed by atoms with Gasteiger partial charge in [0.25, 0.3) is 5.91 Å². The maximum atomic E-state index is 11.5. The van der Waals surface area contributed by atoms with Gasteiger partial charge in [-0.1, -0.05) is 30.7 Å². The minimum Gasteiger partial charge on any atom is -0.482 e. The smallest absolute Gasteiger partial charge is 0.257 e. The van der Waals surface area contributed by atoms with Crippen molar-refractivity contribution in [1.29, 1.82) is 0 Å². The van der Waals surface area contributed by atoms with Gasteiger partial charge in [0.15, 0.2) is 6.61 Å². The first kappa shape index (κ1) is 14.8. The number of amides is 1. The molecule has 0 aliphatic carbocycles. The van der Waals surface area contributed by atoms with Gasteiger partial charge in [0.05, 0.1) is 5.02 Å². The summed E-state index contributed by atoms with van der Waals surface area (Å²) >= 11 is 6.07. The number of rotatable bonds is 7. The van der Waals surface area contributed by atoms with Crippen molar-refractivity contribution in [3.05, 3.63) is 28.8 Å². The predicted octanol–water partition coefficient (Wildman–Crippen LogP) is 1.96. The van der Waals surface area contributed by atoms with Gasteiger partial charge in [0.2, 0.25) is 0 Å². The number of carbonyl (C=O) groups is 1. The Morgan fingerprint density at radius 1 is 1.44 bits per heavy atom. The Balaban J connectivity index is 2.62. The molecular formula is C13H19ClN2O2. The first-order valence-corrected chi connectivity index (χ1v) is 6.38. The molecule has 2 N–H and O–H groups in total. The van der Waals surface area contributed by atoms with Crippen molar-refractivity contribution in [2.45, 2.75) is 19.9 Å². The quantitative estimate of drug-likeness (QED) is 0.796. The lowest BCUT2D eigenvalue weighted by atomic mass is 10.2. The Morgan fingerprint density at radius 2 is 2.22 bits per heavy atom. The number of nitrogens with one attached hydrogen (secondary N) is 2. The van der Waals surface area contributed by atoms with Gasteiger partial charge in [-0.25, -0.2) is 0 Å². The van der Waals surface area contributed by atoms with Crippen LogP contribution >= 0.6 is 11.6 Å². The monoisotopic (exact) mass is 270 g/mol. The van der Waals surface area contributed by atoms with E-state index in [1.165, 1.54) is 0 Å². The highest BCUT2D eigenvalue weighted by molar-refractivity contribution is 6.32. The lowest BCUT2D eigenvalue weighted by Crippen LogP contribution is -2.29. The zero-order chi connectivity index (χ0) is 13.4. The molecule has 18 heavy (non-hydrogen) atoms. The van der Waals surface area contributed by atoms with E-state index in [1.54, 1.807) is 6.07 Å². The molecule has 1 aromatic carbocycles. The third-order valence-electron chi connectivity index (χ3n) is 2.34. The van der Waals surface area contributed by atoms with Gasteiger partial charge in [-0.05, 0) is 19.5 Å². The van der Waals surface area contributed by atoms with Gasteiger partial charge in [0, 0.05) is 18.7 Å². The fraction of sp³-hybridized carbons (Fsp3) is 0.462. The minimum atomic E-state index is -0.132. The molecule has 0 radical (unpaired) electrons. The van der Waals surface area contributed by atoms with Crippen LogP contribution < -0.4 is 15.4 Å². The normalized spacial score (nSPS) is 10.2. The van der Waals surface area contributed by atoms with Gasteiger partial charge >= 0.3 is 0 Å². The molecule has 0 fully saturated rings. The highest BCUT2D eigenvalue weighted by Crippen LogP contribution is 2.28. The molecular weight excluding hydrogens is 252 g/mol. The summed E-state index contributed by atoms with van der Waals surface area (Å²) in [4.78, 5) is 11.5. The Kier molecular flexibility index (Phi) is 6.54. The number of hydrogen-bond acceptors (Lipinski definition) is 3. The summed E-state index contributed by atoms with van der Waals surface area (Å²) in [6, 6.07) is 5.53. The van der Waals surface area contributed by atoms with Crippen LogP contribution in [-0.4, -0.2) is 26.1 Å². The van der Waals surface area contributed by atoms with Gasteiger partial charge in [-0.15, -0.1) is 0 Å². The number of benzene rings is 1. The molecule has 0 aliphatic heterocycles. The van der Waals surface area contributed by atoms with E-state index in [9.17, 15) is 4.79 Å². The van der Waals surface area contributed by atoms with E-state index < -0.39 is 0 Å². The summed E-state index contributed by atoms with van der Waals surface area (Å²) in [5.41, 5.74) is 0.938. The van der Waals surface area contributed by atoms with Crippen LogP contribution in [0, 0.1) is 0 Å². The second kappa shape index (κ2) is 7.95. The molecule has 1 rings (SSSR count). The van der Waals surface area contributed by atoms with E-state index >= 15 is 0 Å². The SMILES string of the molecule is CCCNC(=O)COc1c(Cl)cccc1CNC. The van der Waals surface area contributed by atoms with Crippen molar-refractivity contribution in [3.63, 3.8) is 0 Å². The highest BCUT2D eigenvalue weighted by atomic mass is 35.5. The van der Waals surface area contributed by atoms with Crippen LogP contribution in [0.15, 0.2) is 18.2 Å². The van der Waals surface area contributed by atoms with Crippen molar-refractivity contribution < 1.29 is 9.53 Å². The van der Waals surface area contributed by atoms with Crippen LogP contribution in [0.3, 0.4) is 0 Å². The summed E-state index contributed by atoms with van der Waals surface area (Å²) in [6.07, 6.45) is 0.906. The van der Waals surface area contributed by atoms with Gasteiger partial charge < -0.3 is 15.4 Å². The molecule has 0 heterocycles. The summed E-state index contributed by atoms with van der Waals surface area (Å²) in [6.45, 7) is 3.29. The predicted molar refractivity (Wildman–Crippen MR) is 73.0 cm³/mol. The van der Waals surface area contributed by atoms with Crippen LogP contribution in [0.2, 0.25) is 5.02 Å². The van der Waals surface area contributed by atoms with Crippen molar-refractivity contribution in [2.75, 3.05) is 20.2 Å². The average Bonchev–Trinajstić information content (AvgIpc) is 2.36. The van der Waals surface area contributed by atoms with E-state index in [0.29, 0.717) is 23.9 Å². The highest BCUT2D eigenvalue weighted by Gasteiger charge is 2.09. The Hall–Kier alpha value is -1.26. The summed E-state index contributed by atoms with van der Waals surface area (Å²) < 4.78 is 5.50. The average molecular weight is 271 g/mol. The van der Waals surface area contributed by atoms with Crippen LogP contribution in [-0.2, 0) is 11.3 Å². The topological polar surface area (TPSA) is 50.4 Å². The molecule has 0 bridgehead atoms. The van der Waals surface area contributed by atoms with Crippen LogP contribution in [0.5, 0.6) is 5.75 Å². The number of ether oxygens (including phenoxy) is 1. The standard InChI is InChI=1S/C13H19ClN2O2/c1-3-7-16-12(17)9-18-13-10(8-15-2)5-4-6-11(13)14/h4-6,15H,3,7-9H2,1-2H3,(H,16,17). The number of hydrogen-bond donors (Lipinski definition) is 2. The van der Waals surface area contributed by atoms with E-state index in [1.807, 2.05) is 26.1 Å². The molecule has 0 aliphatic rings. The lowest BCUT2D eigenvalue weighted by Gasteiger charge is -2.12. The molecule has 1 aromatic rings. The Morgan fingerprint density at radius 3 is 2.89 bits per heavy atom. The summed E-state index contributed by atoms with van der Waals surface area (Å²) in [5.74, 6) is 0.437. The molecule has 4 nitrogen and oxygen atoms in total. The third kappa shape index (κ3) is 4.55. The fourth-order valence-electron chi connectivity index (χ4n) is 1.50. The molecule has 0 saturated carbocycles. The molecule has 0 aromatic heterocycles. The molecule has 100 valence electrons. The zero-order valence-corrected chi connectivity index (χ0v) is 11.5. The maximum Gasteiger partial charge on any atom is 0.257 e. The second-order valence-electron chi connectivity index (χ2n) is 3.90. The largest absolute Gasteiger partial charge is 0.482 e. The number of halogens is 1. The van der Waals surface area contributed by atoms with Gasteiger partial charge in [0.1, 0.15) is 5.75 Å². The summed E-state index contributed by atoms with van der Waals surface area (Å²) in [5, 5.41) is 6.30. The van der Waals surface area contributed by atoms with Crippen molar-refractivity contribution >= 4 is 17.5 Å². The molecule has 0 unspecified atom stereocenters. The number of para-hydroxylation sites is 1. The van der Waals surface area contributed by atoms with Crippen LogP contribution in [0.1, 0.15) is 18.9 Å². The zero-order valence-electron chi connectivity index (χ0n) is 10.8. The van der Waals surface area contributed by atoms with E-state index in [4.69, 9.17) is 16.3 Å². The summed E-state index contributed by atoms with van der Waals surface area (Å²) in [7, 11) is 1.85. The number of carbonyl (C=O) groups excluding carboxylic acids is 1. The maximum absolute atomic E-state index is 11.5. The molecule has 0 spiro atoms. The third-order valence-corrected chi connectivity index (χ3v) is 2.63. The second-order valence-corrected chi connectivity index (χ2v) is 4.30. The minimum absolute atomic E-state index is 0.0134. The van der Waals surface area contributed by atoms with E-state index in [-0.39, 0.29) is 12.5 Å². The molecule has 1 amide bonds. The van der Waals surface area contributed by atoms with Crippen LogP contribution in [0.25, 0.3) is 0 Å². The first-order valence-electron chi connectivity index (χ1n) is 6.00. The van der Waals surface area contributed by atoms with Crippen LogP contribution in [0.4, 0.5) is 0 Å². The van der Waals surface area contributed by atoms with E-state index in [0.717, 1.165) is 12.0 Å². The van der Waals surface area contributed by atoms with Crippen molar-refractivity contribution in [1.82, 2.24) is 10.6 Å². The van der Waals surface area contributed by atoms with Crippen molar-refractivity contribution in [3.8, 4) is 5.75 Å². The molecule has 0 saturated heterocycles. The van der Waals surface area contributed by atoms with Gasteiger partial charge in [-0.3, -0.25) is 4.79 Å². The Labute approximate surface area is 113 Å². The lowest BCUT2D eigenvalue weighted by molar-refractivity contribution is -0.123. The van der Waals surface area contributed by atoms with Gasteiger partial charge in [-0.2, -0.15) is 0 Å².